The summed E-state index contributed by atoms with van der Waals surface area (Å²) in [4.78, 5) is 5.17. The van der Waals surface area contributed by atoms with Crippen molar-refractivity contribution >= 4 is 35.3 Å². The highest BCUT2D eigenvalue weighted by atomic mass is 35.5. The lowest BCUT2D eigenvalue weighted by atomic mass is 10.1. The van der Waals surface area contributed by atoms with Gasteiger partial charge in [0.1, 0.15) is 0 Å². The first kappa shape index (κ1) is 16.1. The molecular formula is C15H21ClN2S. The van der Waals surface area contributed by atoms with Crippen LogP contribution in [0.1, 0.15) is 33.3 Å². The summed E-state index contributed by atoms with van der Waals surface area (Å²) in [5, 5.41) is 0.709. The van der Waals surface area contributed by atoms with Gasteiger partial charge in [0.15, 0.2) is 0 Å². The molecule has 0 aliphatic heterocycles. The predicted molar refractivity (Wildman–Crippen MR) is 88.3 cm³/mol. The molecule has 4 heteroatoms. The fourth-order valence-corrected chi connectivity index (χ4v) is 2.83. The highest BCUT2D eigenvalue weighted by Gasteiger charge is 2.16. The number of nitrogens with two attached hydrogens (primary N) is 1. The summed E-state index contributed by atoms with van der Waals surface area (Å²) in [5.74, 6) is 0. The smallest absolute Gasteiger partial charge is 0.0635 e. The number of allylic oxidation sites excluding steroid dienone is 1. The molecule has 0 aliphatic carbocycles. The molecule has 0 spiro atoms. The van der Waals surface area contributed by atoms with E-state index in [-0.39, 0.29) is 4.75 Å². The van der Waals surface area contributed by atoms with Gasteiger partial charge in [0, 0.05) is 33.7 Å². The second kappa shape index (κ2) is 7.01. The van der Waals surface area contributed by atoms with E-state index >= 15 is 0 Å². The highest BCUT2D eigenvalue weighted by Crippen LogP contribution is 2.38. The van der Waals surface area contributed by atoms with Crippen LogP contribution in [0.25, 0.3) is 5.70 Å². The van der Waals surface area contributed by atoms with Crippen LogP contribution >= 0.6 is 23.4 Å². The van der Waals surface area contributed by atoms with Gasteiger partial charge >= 0.3 is 0 Å². The van der Waals surface area contributed by atoms with Crippen molar-refractivity contribution in [3.63, 3.8) is 0 Å². The summed E-state index contributed by atoms with van der Waals surface area (Å²) in [6, 6.07) is 5.93. The molecule has 0 saturated carbocycles. The number of aliphatic imine (C=N–C) groups is 1. The normalized spacial score (nSPS) is 13.2. The van der Waals surface area contributed by atoms with Crippen molar-refractivity contribution in [2.24, 2.45) is 10.7 Å². The van der Waals surface area contributed by atoms with E-state index in [1.807, 2.05) is 25.1 Å². The van der Waals surface area contributed by atoms with Gasteiger partial charge in [-0.1, -0.05) is 44.5 Å². The van der Waals surface area contributed by atoms with Crippen molar-refractivity contribution < 1.29 is 0 Å². The van der Waals surface area contributed by atoms with Crippen molar-refractivity contribution in [2.75, 3.05) is 6.54 Å². The maximum absolute atomic E-state index is 6.44. The maximum Gasteiger partial charge on any atom is 0.0635 e. The maximum atomic E-state index is 6.44. The fourth-order valence-electron chi connectivity index (χ4n) is 1.47. The minimum atomic E-state index is 0.115. The number of nitrogens with zero attached hydrogens (tertiary/aromatic N) is 1. The lowest BCUT2D eigenvalue weighted by Crippen LogP contribution is -2.07. The van der Waals surface area contributed by atoms with Crippen LogP contribution in [-0.2, 0) is 0 Å². The first-order chi connectivity index (χ1) is 8.85. The van der Waals surface area contributed by atoms with Crippen LogP contribution in [0.15, 0.2) is 34.2 Å². The molecule has 1 aromatic rings. The van der Waals surface area contributed by atoms with Crippen LogP contribution < -0.4 is 5.73 Å². The number of rotatable bonds is 4. The zero-order valence-electron chi connectivity index (χ0n) is 11.9. The fraction of sp³-hybridized carbons (Fsp3) is 0.400. The SMILES string of the molecule is CCN=CC=C(N)c1cccc(SC(C)(C)C)c1Cl. The third kappa shape index (κ3) is 5.29. The van der Waals surface area contributed by atoms with Gasteiger partial charge in [-0.05, 0) is 19.1 Å². The van der Waals surface area contributed by atoms with E-state index in [0.717, 1.165) is 17.0 Å². The van der Waals surface area contributed by atoms with E-state index in [4.69, 9.17) is 17.3 Å². The first-order valence-electron chi connectivity index (χ1n) is 6.28. The van der Waals surface area contributed by atoms with Crippen LogP contribution in [0, 0.1) is 0 Å². The van der Waals surface area contributed by atoms with Gasteiger partial charge in [0.25, 0.3) is 0 Å². The third-order valence-corrected chi connectivity index (χ3v) is 3.92. The average molecular weight is 297 g/mol. The topological polar surface area (TPSA) is 38.4 Å². The van der Waals surface area contributed by atoms with Gasteiger partial charge in [-0.2, -0.15) is 0 Å². The van der Waals surface area contributed by atoms with E-state index in [9.17, 15) is 0 Å². The zero-order chi connectivity index (χ0) is 14.5. The van der Waals surface area contributed by atoms with Gasteiger partial charge in [-0.25, -0.2) is 0 Å². The van der Waals surface area contributed by atoms with Crippen molar-refractivity contribution in [1.82, 2.24) is 0 Å². The summed E-state index contributed by atoms with van der Waals surface area (Å²) in [5.41, 5.74) is 7.54. The van der Waals surface area contributed by atoms with Crippen molar-refractivity contribution in [3.05, 3.63) is 34.9 Å². The van der Waals surface area contributed by atoms with E-state index in [1.165, 1.54) is 0 Å². The molecule has 0 amide bonds. The van der Waals surface area contributed by atoms with Crippen molar-refractivity contribution in [3.8, 4) is 0 Å². The third-order valence-electron chi connectivity index (χ3n) is 2.23. The molecule has 1 rings (SSSR count). The van der Waals surface area contributed by atoms with Gasteiger partial charge < -0.3 is 5.73 Å². The predicted octanol–water partition coefficient (Wildman–Crippen LogP) is 4.62. The van der Waals surface area contributed by atoms with E-state index < -0.39 is 0 Å². The molecule has 0 bridgehead atoms. The Labute approximate surface area is 125 Å². The zero-order valence-corrected chi connectivity index (χ0v) is 13.5. The number of benzene rings is 1. The van der Waals surface area contributed by atoms with Gasteiger partial charge in [0.05, 0.1) is 5.02 Å². The van der Waals surface area contributed by atoms with E-state index in [0.29, 0.717) is 10.7 Å². The molecule has 0 aromatic heterocycles. The van der Waals surface area contributed by atoms with E-state index in [2.05, 4.69) is 25.8 Å². The summed E-state index contributed by atoms with van der Waals surface area (Å²) < 4.78 is 0.115. The number of halogens is 1. The molecule has 104 valence electrons. The minimum Gasteiger partial charge on any atom is -0.398 e. The Bertz CT molecular complexity index is 487. The lowest BCUT2D eigenvalue weighted by molar-refractivity contribution is 0.803. The summed E-state index contributed by atoms with van der Waals surface area (Å²) in [6.07, 6.45) is 3.51. The second-order valence-electron chi connectivity index (χ2n) is 5.10. The quantitative estimate of drug-likeness (QED) is 0.650. The van der Waals surface area contributed by atoms with Gasteiger partial charge in [-0.15, -0.1) is 11.8 Å². The molecule has 1 aromatic carbocycles. The van der Waals surface area contributed by atoms with E-state index in [1.54, 1.807) is 24.1 Å². The van der Waals surface area contributed by atoms with Gasteiger partial charge in [-0.3, -0.25) is 4.99 Å². The van der Waals surface area contributed by atoms with Crippen LogP contribution in [0.4, 0.5) is 0 Å². The average Bonchev–Trinajstić information content (AvgIpc) is 2.30. The summed E-state index contributed by atoms with van der Waals surface area (Å²) in [7, 11) is 0. The molecule has 0 aliphatic rings. The van der Waals surface area contributed by atoms with Crippen LogP contribution in [0.2, 0.25) is 5.02 Å². The molecular weight excluding hydrogens is 276 g/mol. The Kier molecular flexibility index (Phi) is 5.95. The highest BCUT2D eigenvalue weighted by molar-refractivity contribution is 8.00. The number of hydrogen-bond acceptors (Lipinski definition) is 3. The molecule has 0 heterocycles. The molecule has 0 radical (unpaired) electrons. The Hall–Kier alpha value is -0.930. The minimum absolute atomic E-state index is 0.115. The monoisotopic (exact) mass is 296 g/mol. The number of thioether (sulfide) groups is 1. The molecule has 2 N–H and O–H groups in total. The number of hydrogen-bond donors (Lipinski definition) is 1. The van der Waals surface area contributed by atoms with Gasteiger partial charge in [0.2, 0.25) is 0 Å². The Balaban J connectivity index is 3.07. The lowest BCUT2D eigenvalue weighted by Gasteiger charge is -2.19. The van der Waals surface area contributed by atoms with Crippen LogP contribution in [0.3, 0.4) is 0 Å². The first-order valence-corrected chi connectivity index (χ1v) is 7.48. The molecule has 2 nitrogen and oxygen atoms in total. The van der Waals surface area contributed by atoms with Crippen LogP contribution in [0.5, 0.6) is 0 Å². The molecule has 0 fully saturated rings. The molecule has 0 saturated heterocycles. The second-order valence-corrected chi connectivity index (χ2v) is 7.35. The molecule has 19 heavy (non-hydrogen) atoms. The van der Waals surface area contributed by atoms with Crippen LogP contribution in [-0.4, -0.2) is 17.5 Å². The standard InChI is InChI=1S/C15H21ClN2S/c1-5-18-10-9-12(17)11-7-6-8-13(14(11)16)19-15(2,3)4/h6-10H,5,17H2,1-4H3. The van der Waals surface area contributed by atoms with Crippen molar-refractivity contribution in [2.45, 2.75) is 37.3 Å². The molecule has 0 atom stereocenters. The summed E-state index contributed by atoms with van der Waals surface area (Å²) >= 11 is 8.18. The Morgan fingerprint density at radius 2 is 2.11 bits per heavy atom. The molecule has 0 unspecified atom stereocenters. The van der Waals surface area contributed by atoms with Crippen molar-refractivity contribution in [1.29, 1.82) is 0 Å². The largest absolute Gasteiger partial charge is 0.398 e. The Morgan fingerprint density at radius 3 is 2.68 bits per heavy atom. The summed E-state index contributed by atoms with van der Waals surface area (Å²) in [6.45, 7) is 9.21. The Morgan fingerprint density at radius 1 is 1.42 bits per heavy atom.